The molecule has 1 saturated carbocycles. The Bertz CT molecular complexity index is 711. The van der Waals surface area contributed by atoms with Crippen LogP contribution >= 0.6 is 0 Å². The Morgan fingerprint density at radius 1 is 1.30 bits per heavy atom. The molecule has 1 aliphatic rings. The van der Waals surface area contributed by atoms with E-state index in [0.717, 1.165) is 24.0 Å². The molecule has 1 atom stereocenters. The van der Waals surface area contributed by atoms with Gasteiger partial charge in [-0.05, 0) is 36.0 Å². The number of carbonyl (C=O) groups excluding carboxylic acids is 2. The fourth-order valence-corrected chi connectivity index (χ4v) is 2.81. The van der Waals surface area contributed by atoms with Gasteiger partial charge in [0, 0.05) is 11.8 Å². The third kappa shape index (κ3) is 3.46. The summed E-state index contributed by atoms with van der Waals surface area (Å²) >= 11 is 0. The Labute approximate surface area is 134 Å². The van der Waals surface area contributed by atoms with Crippen LogP contribution in [0.1, 0.15) is 47.2 Å². The molecule has 1 fully saturated rings. The van der Waals surface area contributed by atoms with E-state index in [1.807, 2.05) is 36.4 Å². The number of aliphatic hydroxyl groups excluding tert-OH is 1. The smallest absolute Gasteiger partial charge is 0.232 e. The Hall–Kier alpha value is -2.53. The Balaban J connectivity index is 2.01. The van der Waals surface area contributed by atoms with Gasteiger partial charge in [0.25, 0.3) is 0 Å². The van der Waals surface area contributed by atoms with Gasteiger partial charge in [0.2, 0.25) is 12.3 Å². The van der Waals surface area contributed by atoms with E-state index in [1.165, 1.54) is 0 Å². The number of hydrogen-bond acceptors (Lipinski definition) is 4. The molecule has 5 heteroatoms. The van der Waals surface area contributed by atoms with E-state index < -0.39 is 12.0 Å². The van der Waals surface area contributed by atoms with Gasteiger partial charge in [-0.25, -0.2) is 0 Å². The summed E-state index contributed by atoms with van der Waals surface area (Å²) in [5.74, 6) is -0.0128. The predicted octanol–water partition coefficient (Wildman–Crippen LogP) is 1.86. The zero-order valence-corrected chi connectivity index (χ0v) is 12.6. The summed E-state index contributed by atoms with van der Waals surface area (Å²) in [6.45, 7) is 0. The number of aliphatic hydroxyl groups is 1. The van der Waals surface area contributed by atoms with Crippen molar-refractivity contribution in [2.24, 2.45) is 0 Å². The van der Waals surface area contributed by atoms with Crippen molar-refractivity contribution >= 4 is 12.3 Å². The van der Waals surface area contributed by atoms with Crippen LogP contribution in [0, 0.1) is 0 Å². The number of imide groups is 1. The number of aromatic nitrogens is 1. The molecule has 5 nitrogen and oxygen atoms in total. The number of hydrogen-bond donors (Lipinski definition) is 2. The summed E-state index contributed by atoms with van der Waals surface area (Å²) in [6, 6.07) is 11.2. The van der Waals surface area contributed by atoms with Crippen molar-refractivity contribution < 1.29 is 14.7 Å². The van der Waals surface area contributed by atoms with E-state index >= 15 is 0 Å². The first-order chi connectivity index (χ1) is 11.2. The fraction of sp³-hybridized carbons (Fsp3) is 0.278. The van der Waals surface area contributed by atoms with Crippen molar-refractivity contribution in [3.63, 3.8) is 0 Å². The fourth-order valence-electron chi connectivity index (χ4n) is 2.81. The van der Waals surface area contributed by atoms with Crippen LogP contribution in [0.2, 0.25) is 0 Å². The van der Waals surface area contributed by atoms with E-state index in [9.17, 15) is 14.7 Å². The number of pyridine rings is 1. The molecule has 1 aromatic carbocycles. The maximum Gasteiger partial charge on any atom is 0.232 e. The molecule has 1 aliphatic carbocycles. The number of nitrogens with one attached hydrogen (secondary N) is 1. The standard InChI is InChI=1S/C18H18N2O3/c21-11-20-16(22)10-15-17(14(8-9-19-15)12-6-7-12)18(23)13-4-2-1-3-5-13/h1-5,8-9,11-12,18,23H,6-7,10H2,(H,20,21,22). The lowest BCUT2D eigenvalue weighted by atomic mass is 9.92. The molecular formula is C18H18N2O3. The number of benzene rings is 1. The normalized spacial score (nSPS) is 15.0. The minimum absolute atomic E-state index is 0.0292. The Morgan fingerprint density at radius 2 is 2.04 bits per heavy atom. The first-order valence-corrected chi connectivity index (χ1v) is 7.64. The third-order valence-electron chi connectivity index (χ3n) is 4.06. The van der Waals surface area contributed by atoms with Gasteiger partial charge in [-0.2, -0.15) is 0 Å². The maximum absolute atomic E-state index is 11.8. The topological polar surface area (TPSA) is 79.3 Å². The van der Waals surface area contributed by atoms with Gasteiger partial charge in [0.05, 0.1) is 12.1 Å². The van der Waals surface area contributed by atoms with Crippen LogP contribution in [0.3, 0.4) is 0 Å². The molecule has 0 saturated heterocycles. The average molecular weight is 310 g/mol. The van der Waals surface area contributed by atoms with Crippen LogP contribution in [0.25, 0.3) is 0 Å². The van der Waals surface area contributed by atoms with E-state index in [2.05, 4.69) is 10.3 Å². The first-order valence-electron chi connectivity index (χ1n) is 7.64. The largest absolute Gasteiger partial charge is 0.384 e. The monoisotopic (exact) mass is 310 g/mol. The highest BCUT2D eigenvalue weighted by atomic mass is 16.3. The molecule has 0 aliphatic heterocycles. The van der Waals surface area contributed by atoms with Crippen molar-refractivity contribution in [1.29, 1.82) is 0 Å². The van der Waals surface area contributed by atoms with Crippen molar-refractivity contribution in [3.8, 4) is 0 Å². The Morgan fingerprint density at radius 3 is 2.70 bits per heavy atom. The summed E-state index contributed by atoms with van der Waals surface area (Å²) in [6.07, 6.45) is 3.33. The van der Waals surface area contributed by atoms with Gasteiger partial charge in [-0.15, -0.1) is 0 Å². The minimum atomic E-state index is -0.834. The predicted molar refractivity (Wildman–Crippen MR) is 84.6 cm³/mol. The van der Waals surface area contributed by atoms with Crippen molar-refractivity contribution in [1.82, 2.24) is 10.3 Å². The molecule has 2 N–H and O–H groups in total. The van der Waals surface area contributed by atoms with Gasteiger partial charge in [-0.1, -0.05) is 30.3 Å². The second kappa shape index (κ2) is 6.71. The Kier molecular flexibility index (Phi) is 4.48. The van der Waals surface area contributed by atoms with Crippen molar-refractivity contribution in [3.05, 3.63) is 65.0 Å². The molecule has 0 radical (unpaired) electrons. The molecule has 1 heterocycles. The zero-order valence-electron chi connectivity index (χ0n) is 12.6. The molecule has 2 aromatic rings. The van der Waals surface area contributed by atoms with E-state index in [1.54, 1.807) is 6.20 Å². The van der Waals surface area contributed by atoms with E-state index in [-0.39, 0.29) is 6.42 Å². The second-order valence-corrected chi connectivity index (χ2v) is 5.71. The van der Waals surface area contributed by atoms with Crippen LogP contribution in [0.5, 0.6) is 0 Å². The van der Waals surface area contributed by atoms with Crippen LogP contribution < -0.4 is 5.32 Å². The lowest BCUT2D eigenvalue weighted by Gasteiger charge is -2.19. The maximum atomic E-state index is 11.8. The van der Waals surface area contributed by atoms with Crippen molar-refractivity contribution in [2.45, 2.75) is 31.3 Å². The van der Waals surface area contributed by atoms with Crippen LogP contribution in [0.15, 0.2) is 42.6 Å². The van der Waals surface area contributed by atoms with Crippen LogP contribution in [-0.4, -0.2) is 22.4 Å². The molecule has 1 unspecified atom stereocenters. The molecular weight excluding hydrogens is 292 g/mol. The molecule has 0 bridgehead atoms. The highest BCUT2D eigenvalue weighted by Crippen LogP contribution is 2.44. The number of nitrogens with zero attached hydrogens (tertiary/aromatic N) is 1. The quantitative estimate of drug-likeness (QED) is 0.798. The van der Waals surface area contributed by atoms with E-state index in [4.69, 9.17) is 0 Å². The van der Waals surface area contributed by atoms with Gasteiger partial charge < -0.3 is 5.11 Å². The SMILES string of the molecule is O=CNC(=O)Cc1nccc(C2CC2)c1C(O)c1ccccc1. The van der Waals surface area contributed by atoms with Crippen LogP contribution in [-0.2, 0) is 16.0 Å². The molecule has 23 heavy (non-hydrogen) atoms. The summed E-state index contributed by atoms with van der Waals surface area (Å²) in [5.41, 5.74) is 3.03. The summed E-state index contributed by atoms with van der Waals surface area (Å²) in [4.78, 5) is 26.5. The third-order valence-corrected chi connectivity index (χ3v) is 4.06. The molecule has 0 spiro atoms. The minimum Gasteiger partial charge on any atom is -0.384 e. The molecule has 3 rings (SSSR count). The number of carbonyl (C=O) groups is 2. The molecule has 118 valence electrons. The molecule has 2 amide bonds. The zero-order chi connectivity index (χ0) is 16.2. The molecule has 1 aromatic heterocycles. The van der Waals surface area contributed by atoms with E-state index in [0.29, 0.717) is 23.6 Å². The lowest BCUT2D eigenvalue weighted by Crippen LogP contribution is -2.25. The van der Waals surface area contributed by atoms with Gasteiger partial charge >= 0.3 is 0 Å². The summed E-state index contributed by atoms with van der Waals surface area (Å²) < 4.78 is 0. The summed E-state index contributed by atoms with van der Waals surface area (Å²) in [7, 11) is 0. The van der Waals surface area contributed by atoms with Gasteiger partial charge in [-0.3, -0.25) is 19.9 Å². The highest BCUT2D eigenvalue weighted by molar-refractivity contribution is 5.87. The first kappa shape index (κ1) is 15.4. The average Bonchev–Trinajstić information content (AvgIpc) is 3.40. The second-order valence-electron chi connectivity index (χ2n) is 5.71. The van der Waals surface area contributed by atoms with Crippen molar-refractivity contribution in [2.75, 3.05) is 0 Å². The van der Waals surface area contributed by atoms with Gasteiger partial charge in [0.15, 0.2) is 0 Å². The number of rotatable bonds is 6. The summed E-state index contributed by atoms with van der Waals surface area (Å²) in [5, 5.41) is 13.0. The van der Waals surface area contributed by atoms with Crippen LogP contribution in [0.4, 0.5) is 0 Å². The highest BCUT2D eigenvalue weighted by Gasteiger charge is 2.30. The number of amides is 2. The lowest BCUT2D eigenvalue weighted by molar-refractivity contribution is -0.124. The van der Waals surface area contributed by atoms with Gasteiger partial charge in [0.1, 0.15) is 6.10 Å².